The number of piperidine rings is 2. The van der Waals surface area contributed by atoms with Crippen LogP contribution < -0.4 is 19.9 Å². The molecular weight excluding hydrogens is 692 g/mol. The lowest BCUT2D eigenvalue weighted by molar-refractivity contribution is -0.134. The number of H-pyrrole nitrogens is 1. The van der Waals surface area contributed by atoms with Gasteiger partial charge in [0.05, 0.1) is 23.4 Å². The van der Waals surface area contributed by atoms with Crippen molar-refractivity contribution in [3.63, 3.8) is 0 Å². The van der Waals surface area contributed by atoms with Crippen LogP contribution >= 0.6 is 11.6 Å². The summed E-state index contributed by atoms with van der Waals surface area (Å²) in [5.41, 5.74) is 5.03. The molecule has 0 radical (unpaired) electrons. The molecule has 0 unspecified atom stereocenters. The van der Waals surface area contributed by atoms with E-state index in [1.807, 2.05) is 44.4 Å². The molecule has 0 aliphatic carbocycles. The first-order chi connectivity index (χ1) is 25.5. The summed E-state index contributed by atoms with van der Waals surface area (Å²) in [6.45, 7) is 12.4. The van der Waals surface area contributed by atoms with E-state index in [4.69, 9.17) is 16.3 Å². The molecule has 3 saturated heterocycles. The van der Waals surface area contributed by atoms with Crippen molar-refractivity contribution in [3.05, 3.63) is 71.3 Å². The number of hydrogen-bond acceptors (Lipinski definition) is 10. The van der Waals surface area contributed by atoms with Gasteiger partial charge in [0.2, 0.25) is 11.8 Å². The fraction of sp³-hybridized carbons (Fsp3) is 0.436. The molecule has 0 spiro atoms. The highest BCUT2D eigenvalue weighted by Crippen LogP contribution is 2.37. The number of pyridine rings is 2. The second-order valence-corrected chi connectivity index (χ2v) is 15.6. The maximum absolute atomic E-state index is 12.5. The number of imide groups is 1. The number of fused-ring (bicyclic) bond motifs is 1. The average Bonchev–Trinajstić information content (AvgIpc) is 3.73. The SMILES string of the molecule is Cc1nn(C)cc1-c1nc2ncc(Cl)c(Oc3ccc(N4CCN(CC5CCN(c6cc([C@H]7CCC(=O)NC7=O)ccn6)CC5)C(C)(C)C4)cc3)c2[nH]1. The first-order valence-electron chi connectivity index (χ1n) is 18.4. The minimum atomic E-state index is -0.295. The van der Waals surface area contributed by atoms with Gasteiger partial charge in [0.25, 0.3) is 0 Å². The molecule has 0 bridgehead atoms. The number of benzene rings is 1. The number of ether oxygens (including phenoxy) is 1. The molecule has 276 valence electrons. The van der Waals surface area contributed by atoms with Gasteiger partial charge in [-0.2, -0.15) is 5.10 Å². The summed E-state index contributed by atoms with van der Waals surface area (Å²) in [5.74, 6) is 2.66. The Morgan fingerprint density at radius 3 is 2.51 bits per heavy atom. The molecule has 14 heteroatoms. The Balaban J connectivity index is 0.866. The van der Waals surface area contributed by atoms with Crippen LogP contribution in [-0.4, -0.2) is 91.2 Å². The van der Waals surface area contributed by atoms with Crippen molar-refractivity contribution in [3.8, 4) is 22.9 Å². The van der Waals surface area contributed by atoms with Gasteiger partial charge < -0.3 is 19.5 Å². The second-order valence-electron chi connectivity index (χ2n) is 15.2. The number of aryl methyl sites for hydroxylation is 2. The van der Waals surface area contributed by atoms with Gasteiger partial charge in [0.15, 0.2) is 11.4 Å². The van der Waals surface area contributed by atoms with Crippen LogP contribution in [0.3, 0.4) is 0 Å². The van der Waals surface area contributed by atoms with E-state index in [0.717, 1.165) is 80.4 Å². The van der Waals surface area contributed by atoms with Gasteiger partial charge in [-0.3, -0.25) is 24.5 Å². The zero-order valence-electron chi connectivity index (χ0n) is 30.6. The van der Waals surface area contributed by atoms with E-state index in [0.29, 0.717) is 52.3 Å². The third-order valence-corrected chi connectivity index (χ3v) is 11.3. The van der Waals surface area contributed by atoms with E-state index < -0.39 is 0 Å². The summed E-state index contributed by atoms with van der Waals surface area (Å²) in [7, 11) is 1.88. The molecule has 0 saturated carbocycles. The van der Waals surface area contributed by atoms with Crippen LogP contribution in [0.5, 0.6) is 11.5 Å². The van der Waals surface area contributed by atoms with Gasteiger partial charge in [-0.15, -0.1) is 0 Å². The minimum absolute atomic E-state index is 0.00349. The molecule has 3 aliphatic heterocycles. The van der Waals surface area contributed by atoms with E-state index in [2.05, 4.69) is 71.0 Å². The predicted molar refractivity (Wildman–Crippen MR) is 205 cm³/mol. The lowest BCUT2D eigenvalue weighted by atomic mass is 9.90. The number of piperazine rings is 1. The normalized spacial score (nSPS) is 19.9. The number of carbonyl (C=O) groups excluding carboxylic acids is 2. The standard InChI is InChI=1S/C39H45ClN10O3/c1-24-30(22-47(4)46-24)36-44-34-35(31(40)20-42-37(34)45-36)53-28-7-5-27(6-8-28)49-17-18-50(39(2,3)23-49)21-25-12-15-48(16-13-25)32-19-26(11-14-41-32)29-9-10-33(51)43-38(29)52/h5-8,11,14,19-20,22,25,29H,9-10,12-13,15-18,21,23H2,1-4H3,(H,42,44,45)(H,43,51,52)/t29-/m1/s1. The molecule has 1 atom stereocenters. The summed E-state index contributed by atoms with van der Waals surface area (Å²) < 4.78 is 8.10. The van der Waals surface area contributed by atoms with Crippen molar-refractivity contribution in [1.82, 2.24) is 39.9 Å². The molecule has 13 nitrogen and oxygen atoms in total. The molecule has 4 aromatic heterocycles. The summed E-state index contributed by atoms with van der Waals surface area (Å²) >= 11 is 6.60. The van der Waals surface area contributed by atoms with Crippen LogP contribution in [0.25, 0.3) is 22.6 Å². The van der Waals surface area contributed by atoms with Crippen molar-refractivity contribution >= 4 is 46.1 Å². The van der Waals surface area contributed by atoms with E-state index in [1.165, 1.54) is 0 Å². The van der Waals surface area contributed by atoms with Crippen LogP contribution in [0.4, 0.5) is 11.5 Å². The quantitative estimate of drug-likeness (QED) is 0.187. The van der Waals surface area contributed by atoms with Crippen molar-refractivity contribution in [2.24, 2.45) is 13.0 Å². The number of aromatic nitrogens is 6. The molecule has 2 amide bonds. The van der Waals surface area contributed by atoms with Gasteiger partial charge in [-0.1, -0.05) is 11.6 Å². The Hall–Kier alpha value is -5.01. The first-order valence-corrected chi connectivity index (χ1v) is 18.8. The molecule has 53 heavy (non-hydrogen) atoms. The van der Waals surface area contributed by atoms with Gasteiger partial charge >= 0.3 is 0 Å². The van der Waals surface area contributed by atoms with Gasteiger partial charge in [-0.25, -0.2) is 15.0 Å². The molecule has 8 rings (SSSR count). The van der Waals surface area contributed by atoms with E-state index in [1.54, 1.807) is 17.1 Å². The maximum Gasteiger partial charge on any atom is 0.234 e. The molecule has 2 N–H and O–H groups in total. The zero-order valence-corrected chi connectivity index (χ0v) is 31.4. The largest absolute Gasteiger partial charge is 0.453 e. The Morgan fingerprint density at radius 2 is 1.79 bits per heavy atom. The molecule has 3 aliphatic rings. The van der Waals surface area contributed by atoms with E-state index in [9.17, 15) is 9.59 Å². The molecule has 1 aromatic carbocycles. The topological polar surface area (TPSA) is 137 Å². The summed E-state index contributed by atoms with van der Waals surface area (Å²) in [6, 6.07) is 12.1. The number of hydrogen-bond donors (Lipinski definition) is 2. The lowest BCUT2D eigenvalue weighted by Crippen LogP contribution is -2.60. The van der Waals surface area contributed by atoms with Crippen LogP contribution in [-0.2, 0) is 16.6 Å². The number of aromatic amines is 1. The lowest BCUT2D eigenvalue weighted by Gasteiger charge is -2.49. The van der Waals surface area contributed by atoms with E-state index >= 15 is 0 Å². The number of amides is 2. The predicted octanol–water partition coefficient (Wildman–Crippen LogP) is 5.84. The highest BCUT2D eigenvalue weighted by atomic mass is 35.5. The van der Waals surface area contributed by atoms with Crippen LogP contribution in [0.15, 0.2) is 55.0 Å². The smallest absolute Gasteiger partial charge is 0.234 e. The average molecular weight is 737 g/mol. The fourth-order valence-electron chi connectivity index (χ4n) is 8.05. The van der Waals surface area contributed by atoms with Crippen LogP contribution in [0.2, 0.25) is 5.02 Å². The summed E-state index contributed by atoms with van der Waals surface area (Å²) in [5, 5.41) is 7.31. The maximum atomic E-state index is 12.5. The number of rotatable bonds is 8. The first kappa shape index (κ1) is 35.0. The third kappa shape index (κ3) is 7.19. The number of halogens is 1. The highest BCUT2D eigenvalue weighted by Gasteiger charge is 2.36. The van der Waals surface area contributed by atoms with E-state index in [-0.39, 0.29) is 23.3 Å². The van der Waals surface area contributed by atoms with Crippen LogP contribution in [0.1, 0.15) is 56.7 Å². The number of imidazole rings is 1. The molecular formula is C39H45ClN10O3. The number of anilines is 2. The molecule has 7 heterocycles. The van der Waals surface area contributed by atoms with Crippen molar-refractivity contribution in [2.75, 3.05) is 49.1 Å². The third-order valence-electron chi connectivity index (χ3n) is 11.0. The number of carbonyl (C=O) groups is 2. The highest BCUT2D eigenvalue weighted by molar-refractivity contribution is 6.32. The summed E-state index contributed by atoms with van der Waals surface area (Å²) in [6.07, 6.45) is 8.40. The second kappa shape index (κ2) is 14.1. The monoisotopic (exact) mass is 736 g/mol. The Kier molecular flexibility index (Phi) is 9.32. The van der Waals surface area contributed by atoms with Crippen molar-refractivity contribution < 1.29 is 14.3 Å². The van der Waals surface area contributed by atoms with Gasteiger partial charge in [0.1, 0.15) is 27.9 Å². The van der Waals surface area contributed by atoms with Gasteiger partial charge in [0, 0.05) is 76.4 Å². The number of nitrogens with zero attached hydrogens (tertiary/aromatic N) is 8. The fourth-order valence-corrected chi connectivity index (χ4v) is 8.24. The zero-order chi connectivity index (χ0) is 36.9. The van der Waals surface area contributed by atoms with Crippen molar-refractivity contribution in [1.29, 1.82) is 0 Å². The Morgan fingerprint density at radius 1 is 1.00 bits per heavy atom. The van der Waals surface area contributed by atoms with Gasteiger partial charge in [-0.05, 0) is 87.9 Å². The minimum Gasteiger partial charge on any atom is -0.453 e. The molecule has 3 fully saturated rings. The Bertz CT molecular complexity index is 2150. The summed E-state index contributed by atoms with van der Waals surface area (Å²) in [4.78, 5) is 48.6. The number of nitrogens with one attached hydrogen (secondary N) is 2. The van der Waals surface area contributed by atoms with Crippen molar-refractivity contribution in [2.45, 2.75) is 57.9 Å². The van der Waals surface area contributed by atoms with Crippen LogP contribution in [0, 0.1) is 12.8 Å². The molecule has 5 aromatic rings. The Labute approximate surface area is 313 Å².